The highest BCUT2D eigenvalue weighted by molar-refractivity contribution is 5.65. The lowest BCUT2D eigenvalue weighted by Gasteiger charge is -2.31. The van der Waals surface area contributed by atoms with Crippen molar-refractivity contribution >= 4 is 12.0 Å². The van der Waals surface area contributed by atoms with Crippen molar-refractivity contribution in [2.75, 3.05) is 31.1 Å². The van der Waals surface area contributed by atoms with Crippen LogP contribution in [0.4, 0.5) is 10.7 Å². The second-order valence-electron chi connectivity index (χ2n) is 3.40. The number of nitrogens with zero attached hydrogens (tertiary/aromatic N) is 4. The summed E-state index contributed by atoms with van der Waals surface area (Å²) in [6, 6.07) is 0. The highest BCUT2D eigenvalue weighted by Gasteiger charge is 2.23. The number of piperazine rings is 1. The number of carboxylic acid groups (broad SMARTS) is 1. The van der Waals surface area contributed by atoms with E-state index in [4.69, 9.17) is 14.7 Å². The van der Waals surface area contributed by atoms with Crippen LogP contribution < -0.4 is 4.90 Å². The molecular formula is C8H12N4O4. The topological polar surface area (TPSA) is 103 Å². The van der Waals surface area contributed by atoms with Crippen molar-refractivity contribution in [3.8, 4) is 0 Å². The molecule has 1 aliphatic heterocycles. The molecular weight excluding hydrogens is 216 g/mol. The third kappa shape index (κ3) is 2.06. The summed E-state index contributed by atoms with van der Waals surface area (Å²) in [5, 5.41) is 21.2. The van der Waals surface area contributed by atoms with Crippen molar-refractivity contribution in [2.24, 2.45) is 0 Å². The van der Waals surface area contributed by atoms with Gasteiger partial charge in [-0.15, -0.1) is 0 Å². The van der Waals surface area contributed by atoms with Crippen LogP contribution in [-0.2, 0) is 6.61 Å². The van der Waals surface area contributed by atoms with Gasteiger partial charge in [0.2, 0.25) is 0 Å². The first-order valence-corrected chi connectivity index (χ1v) is 4.87. The van der Waals surface area contributed by atoms with Crippen molar-refractivity contribution in [1.82, 2.24) is 15.0 Å². The molecule has 0 saturated carbocycles. The molecule has 2 heterocycles. The smallest absolute Gasteiger partial charge is 0.407 e. The predicted molar refractivity (Wildman–Crippen MR) is 52.0 cm³/mol. The Morgan fingerprint density at radius 3 is 2.56 bits per heavy atom. The third-order valence-electron chi connectivity index (χ3n) is 2.43. The minimum absolute atomic E-state index is 0.163. The van der Waals surface area contributed by atoms with E-state index >= 15 is 0 Å². The van der Waals surface area contributed by atoms with Gasteiger partial charge in [0.15, 0.2) is 0 Å². The van der Waals surface area contributed by atoms with E-state index in [0.29, 0.717) is 32.1 Å². The molecule has 0 atom stereocenters. The van der Waals surface area contributed by atoms with Gasteiger partial charge >= 0.3 is 6.09 Å². The molecule has 88 valence electrons. The molecule has 0 aliphatic carbocycles. The molecule has 16 heavy (non-hydrogen) atoms. The van der Waals surface area contributed by atoms with Crippen LogP contribution in [0.15, 0.2) is 4.52 Å². The molecule has 8 heteroatoms. The third-order valence-corrected chi connectivity index (χ3v) is 2.43. The summed E-state index contributed by atoms with van der Waals surface area (Å²) < 4.78 is 4.76. The van der Waals surface area contributed by atoms with E-state index < -0.39 is 6.09 Å². The van der Waals surface area contributed by atoms with E-state index in [1.165, 1.54) is 4.90 Å². The van der Waals surface area contributed by atoms with Gasteiger partial charge in [0, 0.05) is 26.2 Å². The second kappa shape index (κ2) is 4.35. The van der Waals surface area contributed by atoms with E-state index in [2.05, 4.69) is 10.1 Å². The Hall–Kier alpha value is -1.83. The van der Waals surface area contributed by atoms with Crippen molar-refractivity contribution in [2.45, 2.75) is 6.61 Å². The Bertz CT molecular complexity index is 372. The van der Waals surface area contributed by atoms with Gasteiger partial charge < -0.3 is 24.5 Å². The lowest BCUT2D eigenvalue weighted by Crippen LogP contribution is -2.48. The van der Waals surface area contributed by atoms with Crippen molar-refractivity contribution in [3.05, 3.63) is 5.89 Å². The van der Waals surface area contributed by atoms with Crippen LogP contribution in [0.3, 0.4) is 0 Å². The number of carbonyl (C=O) groups is 1. The maximum atomic E-state index is 10.7. The minimum Gasteiger partial charge on any atom is -0.465 e. The molecule has 1 saturated heterocycles. The first-order valence-electron chi connectivity index (χ1n) is 4.87. The van der Waals surface area contributed by atoms with Crippen LogP contribution in [0.2, 0.25) is 0 Å². The lowest BCUT2D eigenvalue weighted by molar-refractivity contribution is 0.142. The van der Waals surface area contributed by atoms with E-state index in [9.17, 15) is 4.79 Å². The van der Waals surface area contributed by atoms with Gasteiger partial charge in [0.05, 0.1) is 0 Å². The minimum atomic E-state index is -0.913. The lowest BCUT2D eigenvalue weighted by atomic mass is 10.3. The summed E-state index contributed by atoms with van der Waals surface area (Å²) in [7, 11) is 0. The fraction of sp³-hybridized carbons (Fsp3) is 0.625. The summed E-state index contributed by atoms with van der Waals surface area (Å²) in [6.45, 7) is 1.59. The SMILES string of the molecule is O=C(O)N1CCN(c2noc(CO)n2)CC1. The van der Waals surface area contributed by atoms with Gasteiger partial charge in [-0.05, 0) is 5.16 Å². The van der Waals surface area contributed by atoms with Crippen LogP contribution in [0.1, 0.15) is 5.89 Å². The Labute approximate surface area is 91.1 Å². The summed E-state index contributed by atoms with van der Waals surface area (Å²) in [5.41, 5.74) is 0. The average molecular weight is 228 g/mol. The van der Waals surface area contributed by atoms with Gasteiger partial charge in [0.1, 0.15) is 6.61 Å². The molecule has 1 amide bonds. The molecule has 1 aliphatic rings. The highest BCUT2D eigenvalue weighted by Crippen LogP contribution is 2.12. The molecule has 0 bridgehead atoms. The summed E-state index contributed by atoms with van der Waals surface area (Å²) in [4.78, 5) is 17.8. The molecule has 1 aromatic rings. The first-order chi connectivity index (χ1) is 7.70. The normalized spacial score (nSPS) is 16.6. The van der Waals surface area contributed by atoms with Crippen LogP contribution in [0.25, 0.3) is 0 Å². The molecule has 8 nitrogen and oxygen atoms in total. The van der Waals surface area contributed by atoms with Crippen LogP contribution >= 0.6 is 0 Å². The zero-order chi connectivity index (χ0) is 11.5. The van der Waals surface area contributed by atoms with Gasteiger partial charge in [-0.2, -0.15) is 4.98 Å². The van der Waals surface area contributed by atoms with Crippen LogP contribution in [-0.4, -0.2) is 57.5 Å². The Morgan fingerprint density at radius 1 is 1.38 bits per heavy atom. The number of aromatic nitrogens is 2. The fourth-order valence-electron chi connectivity index (χ4n) is 1.54. The second-order valence-corrected chi connectivity index (χ2v) is 3.40. The first kappa shape index (κ1) is 10.7. The predicted octanol–water partition coefficient (Wildman–Crippen LogP) is -0.638. The molecule has 1 fully saturated rings. The van der Waals surface area contributed by atoms with Gasteiger partial charge in [-0.1, -0.05) is 0 Å². The quantitative estimate of drug-likeness (QED) is 0.694. The molecule has 0 unspecified atom stereocenters. The summed E-state index contributed by atoms with van der Waals surface area (Å²) >= 11 is 0. The number of hydrogen-bond acceptors (Lipinski definition) is 6. The molecule has 2 N–H and O–H groups in total. The number of aliphatic hydroxyl groups excluding tert-OH is 1. The largest absolute Gasteiger partial charge is 0.465 e. The highest BCUT2D eigenvalue weighted by atomic mass is 16.5. The maximum Gasteiger partial charge on any atom is 0.407 e. The van der Waals surface area contributed by atoms with Crippen LogP contribution in [0.5, 0.6) is 0 Å². The van der Waals surface area contributed by atoms with E-state index in [-0.39, 0.29) is 12.5 Å². The molecule has 0 spiro atoms. The fourth-order valence-corrected chi connectivity index (χ4v) is 1.54. The maximum absolute atomic E-state index is 10.7. The Morgan fingerprint density at radius 2 is 2.06 bits per heavy atom. The number of rotatable bonds is 2. The average Bonchev–Trinajstić information content (AvgIpc) is 2.77. The monoisotopic (exact) mass is 228 g/mol. The van der Waals surface area contributed by atoms with Crippen molar-refractivity contribution in [1.29, 1.82) is 0 Å². The number of aliphatic hydroxyl groups is 1. The van der Waals surface area contributed by atoms with Crippen molar-refractivity contribution in [3.63, 3.8) is 0 Å². The zero-order valence-electron chi connectivity index (χ0n) is 8.54. The summed E-state index contributed by atoms with van der Waals surface area (Å²) in [5.74, 6) is 0.560. The van der Waals surface area contributed by atoms with Crippen LogP contribution in [0, 0.1) is 0 Å². The summed E-state index contributed by atoms with van der Waals surface area (Å²) in [6.07, 6.45) is -0.913. The number of amides is 1. The van der Waals surface area contributed by atoms with Gasteiger partial charge in [-0.25, -0.2) is 4.79 Å². The zero-order valence-corrected chi connectivity index (χ0v) is 8.54. The molecule has 0 aromatic carbocycles. The van der Waals surface area contributed by atoms with E-state index in [1.54, 1.807) is 0 Å². The molecule has 0 radical (unpaired) electrons. The standard InChI is InChI=1S/C8H12N4O4/c13-5-6-9-7(10-16-6)11-1-3-12(4-2-11)8(14)15/h13H,1-5H2,(H,14,15). The Kier molecular flexibility index (Phi) is 2.91. The number of anilines is 1. The molecule has 1 aromatic heterocycles. The van der Waals surface area contributed by atoms with E-state index in [0.717, 1.165) is 0 Å². The number of hydrogen-bond donors (Lipinski definition) is 2. The molecule has 2 rings (SSSR count). The Balaban J connectivity index is 1.96. The van der Waals surface area contributed by atoms with E-state index in [1.807, 2.05) is 4.90 Å². The van der Waals surface area contributed by atoms with Gasteiger partial charge in [-0.3, -0.25) is 0 Å². The van der Waals surface area contributed by atoms with Crippen molar-refractivity contribution < 1.29 is 19.5 Å². The van der Waals surface area contributed by atoms with Gasteiger partial charge in [0.25, 0.3) is 11.8 Å².